The van der Waals surface area contributed by atoms with Gasteiger partial charge in [0.15, 0.2) is 0 Å². The average Bonchev–Trinajstić information content (AvgIpc) is 2.55. The van der Waals surface area contributed by atoms with E-state index in [-0.39, 0.29) is 0 Å². The zero-order valence-corrected chi connectivity index (χ0v) is 14.4. The Bertz CT molecular complexity index is 554. The van der Waals surface area contributed by atoms with E-state index < -0.39 is 10.0 Å². The molecule has 1 aliphatic rings. The van der Waals surface area contributed by atoms with Gasteiger partial charge in [0.2, 0.25) is 10.0 Å². The van der Waals surface area contributed by atoms with Crippen molar-refractivity contribution < 1.29 is 8.42 Å². The van der Waals surface area contributed by atoms with Gasteiger partial charge in [0.25, 0.3) is 0 Å². The Hall–Kier alpha value is -0.580. The van der Waals surface area contributed by atoms with E-state index in [9.17, 15) is 8.42 Å². The number of rotatable bonds is 5. The summed E-state index contributed by atoms with van der Waals surface area (Å²) in [5, 5.41) is 0. The molecule has 1 aromatic rings. The Morgan fingerprint density at radius 3 is 2.05 bits per heavy atom. The second-order valence-corrected chi connectivity index (χ2v) is 8.09. The second-order valence-electron chi connectivity index (χ2n) is 5.89. The molecule has 5 heteroatoms. The van der Waals surface area contributed by atoms with E-state index in [1.165, 1.54) is 0 Å². The van der Waals surface area contributed by atoms with Crippen LogP contribution in [0.2, 0.25) is 0 Å². The Labute approximate surface area is 133 Å². The third-order valence-electron chi connectivity index (χ3n) is 5.00. The third kappa shape index (κ3) is 3.43. The molecule has 1 aliphatic heterocycles. The fourth-order valence-electron chi connectivity index (χ4n) is 3.06. The minimum atomic E-state index is -3.36. The van der Waals surface area contributed by atoms with Crippen molar-refractivity contribution in [2.75, 3.05) is 13.1 Å². The molecule has 21 heavy (non-hydrogen) atoms. The van der Waals surface area contributed by atoms with Gasteiger partial charge < -0.3 is 0 Å². The first kappa shape index (κ1) is 16.8. The monoisotopic (exact) mass is 329 g/mol. The highest BCUT2D eigenvalue weighted by atomic mass is 35.5. The van der Waals surface area contributed by atoms with Crippen molar-refractivity contribution in [2.45, 2.75) is 50.3 Å². The van der Waals surface area contributed by atoms with Crippen molar-refractivity contribution in [1.82, 2.24) is 4.31 Å². The lowest BCUT2D eigenvalue weighted by Gasteiger charge is -2.40. The molecule has 0 aliphatic carbocycles. The van der Waals surface area contributed by atoms with Gasteiger partial charge in [0, 0.05) is 19.0 Å². The molecule has 0 unspecified atom stereocenters. The van der Waals surface area contributed by atoms with Crippen LogP contribution in [-0.2, 0) is 15.9 Å². The Balaban J connectivity index is 2.14. The molecular weight excluding hydrogens is 306 g/mol. The summed E-state index contributed by atoms with van der Waals surface area (Å²) >= 11 is 5.75. The average molecular weight is 330 g/mol. The van der Waals surface area contributed by atoms with Crippen LogP contribution in [0.25, 0.3) is 0 Å². The summed E-state index contributed by atoms with van der Waals surface area (Å²) in [6.45, 7) is 5.67. The molecule has 0 saturated carbocycles. The summed E-state index contributed by atoms with van der Waals surface area (Å²) in [7, 11) is -3.36. The van der Waals surface area contributed by atoms with E-state index in [0.29, 0.717) is 29.3 Å². The van der Waals surface area contributed by atoms with Crippen LogP contribution in [0, 0.1) is 5.41 Å². The molecule has 2 rings (SSSR count). The van der Waals surface area contributed by atoms with Gasteiger partial charge in [0.05, 0.1) is 4.90 Å². The van der Waals surface area contributed by atoms with Crippen LogP contribution in [0.1, 0.15) is 45.1 Å². The summed E-state index contributed by atoms with van der Waals surface area (Å²) in [4.78, 5) is 0.372. The lowest BCUT2D eigenvalue weighted by Crippen LogP contribution is -2.42. The van der Waals surface area contributed by atoms with Crippen molar-refractivity contribution in [3.63, 3.8) is 0 Å². The zero-order valence-electron chi connectivity index (χ0n) is 12.8. The SMILES string of the molecule is CCC1(CC)CCN(S(=O)(=O)c2ccc(CCl)cc2)CC1. The maximum Gasteiger partial charge on any atom is 0.243 e. The Morgan fingerprint density at radius 2 is 1.62 bits per heavy atom. The molecule has 0 atom stereocenters. The van der Waals surface area contributed by atoms with Crippen molar-refractivity contribution in [3.8, 4) is 0 Å². The fourth-order valence-corrected chi connectivity index (χ4v) is 4.68. The van der Waals surface area contributed by atoms with E-state index >= 15 is 0 Å². The molecule has 3 nitrogen and oxygen atoms in total. The van der Waals surface area contributed by atoms with Gasteiger partial charge in [-0.05, 0) is 36.0 Å². The number of halogens is 1. The Morgan fingerprint density at radius 1 is 1.10 bits per heavy atom. The molecular formula is C16H24ClNO2S. The molecule has 0 aromatic heterocycles. The van der Waals surface area contributed by atoms with Crippen molar-refractivity contribution >= 4 is 21.6 Å². The highest BCUT2D eigenvalue weighted by Crippen LogP contribution is 2.39. The zero-order chi connectivity index (χ0) is 15.5. The summed E-state index contributed by atoms with van der Waals surface area (Å²) in [5.74, 6) is 0.402. The highest BCUT2D eigenvalue weighted by molar-refractivity contribution is 7.89. The predicted octanol–water partition coefficient (Wildman–Crippen LogP) is 4.02. The van der Waals surface area contributed by atoms with Crippen molar-refractivity contribution in [1.29, 1.82) is 0 Å². The maximum atomic E-state index is 12.7. The van der Waals surface area contributed by atoms with Gasteiger partial charge >= 0.3 is 0 Å². The van der Waals surface area contributed by atoms with Gasteiger partial charge in [-0.2, -0.15) is 4.31 Å². The van der Waals surface area contributed by atoms with Gasteiger partial charge in [-0.25, -0.2) is 8.42 Å². The first-order valence-corrected chi connectivity index (χ1v) is 9.60. The fraction of sp³-hybridized carbons (Fsp3) is 0.625. The minimum Gasteiger partial charge on any atom is -0.207 e. The number of piperidine rings is 1. The van der Waals surface area contributed by atoms with E-state index in [0.717, 1.165) is 31.2 Å². The number of benzene rings is 1. The van der Waals surface area contributed by atoms with Gasteiger partial charge in [-0.3, -0.25) is 0 Å². The van der Waals surface area contributed by atoms with Crippen molar-refractivity contribution in [3.05, 3.63) is 29.8 Å². The van der Waals surface area contributed by atoms with Gasteiger partial charge in [-0.1, -0.05) is 38.8 Å². The normalized spacial score (nSPS) is 19.6. The van der Waals surface area contributed by atoms with Crippen LogP contribution < -0.4 is 0 Å². The number of hydrogen-bond acceptors (Lipinski definition) is 2. The quantitative estimate of drug-likeness (QED) is 0.765. The summed E-state index contributed by atoms with van der Waals surface area (Å²) in [6, 6.07) is 6.89. The van der Waals surface area contributed by atoms with Crippen LogP contribution in [0.5, 0.6) is 0 Å². The molecule has 1 saturated heterocycles. The third-order valence-corrected chi connectivity index (χ3v) is 7.22. The Kier molecular flexibility index (Phi) is 5.33. The molecule has 0 radical (unpaired) electrons. The van der Waals surface area contributed by atoms with E-state index in [2.05, 4.69) is 13.8 Å². The van der Waals surface area contributed by atoms with Crippen LogP contribution in [0.3, 0.4) is 0 Å². The molecule has 0 N–H and O–H groups in total. The molecule has 118 valence electrons. The number of hydrogen-bond donors (Lipinski definition) is 0. The number of nitrogens with zero attached hydrogens (tertiary/aromatic N) is 1. The molecule has 1 fully saturated rings. The molecule has 0 amide bonds. The molecule has 1 aromatic carbocycles. The predicted molar refractivity (Wildman–Crippen MR) is 87.0 cm³/mol. The second kappa shape index (κ2) is 6.67. The van der Waals surface area contributed by atoms with E-state index in [1.807, 2.05) is 0 Å². The smallest absolute Gasteiger partial charge is 0.207 e. The van der Waals surface area contributed by atoms with Crippen LogP contribution in [0.4, 0.5) is 0 Å². The number of alkyl halides is 1. The molecule has 0 spiro atoms. The largest absolute Gasteiger partial charge is 0.243 e. The first-order chi connectivity index (χ1) is 9.97. The summed E-state index contributed by atoms with van der Waals surface area (Å²) < 4.78 is 27.0. The minimum absolute atomic E-state index is 0.328. The van der Waals surface area contributed by atoms with Gasteiger partial charge in [-0.15, -0.1) is 11.6 Å². The van der Waals surface area contributed by atoms with E-state index in [4.69, 9.17) is 11.6 Å². The molecule has 1 heterocycles. The topological polar surface area (TPSA) is 37.4 Å². The van der Waals surface area contributed by atoms with Crippen LogP contribution >= 0.6 is 11.6 Å². The summed E-state index contributed by atoms with van der Waals surface area (Å²) in [6.07, 6.45) is 4.17. The van der Waals surface area contributed by atoms with Crippen LogP contribution in [-0.4, -0.2) is 25.8 Å². The van der Waals surface area contributed by atoms with Gasteiger partial charge in [0.1, 0.15) is 0 Å². The summed E-state index contributed by atoms with van der Waals surface area (Å²) in [5.41, 5.74) is 1.26. The molecule has 0 bridgehead atoms. The lowest BCUT2D eigenvalue weighted by atomic mass is 9.75. The number of sulfonamides is 1. The lowest BCUT2D eigenvalue weighted by molar-refractivity contribution is 0.141. The highest BCUT2D eigenvalue weighted by Gasteiger charge is 2.36. The van der Waals surface area contributed by atoms with Crippen molar-refractivity contribution in [2.24, 2.45) is 5.41 Å². The van der Waals surface area contributed by atoms with E-state index in [1.54, 1.807) is 28.6 Å². The standard InChI is InChI=1S/C16H24ClNO2S/c1-3-16(4-2)9-11-18(12-10-16)21(19,20)15-7-5-14(13-17)6-8-15/h5-8H,3-4,9-13H2,1-2H3. The maximum absolute atomic E-state index is 12.7. The first-order valence-electron chi connectivity index (χ1n) is 7.62. The van der Waals surface area contributed by atoms with Crippen LogP contribution in [0.15, 0.2) is 29.2 Å².